The third-order valence-corrected chi connectivity index (χ3v) is 7.05. The molecule has 0 atom stereocenters. The van der Waals surface area contributed by atoms with Crippen LogP contribution in [0.25, 0.3) is 42.7 Å². The number of nitrogens with two attached hydrogens (primary N) is 2. The third-order valence-electron chi connectivity index (χ3n) is 5.80. The van der Waals surface area contributed by atoms with E-state index < -0.39 is 0 Å². The molecule has 9 heteroatoms. The molecule has 1 aliphatic rings. The number of pyridine rings is 2. The predicted molar refractivity (Wildman–Crippen MR) is 133 cm³/mol. The molecule has 1 aromatic carbocycles. The van der Waals surface area contributed by atoms with Gasteiger partial charge in [-0.3, -0.25) is 4.98 Å². The number of fused-ring (bicyclic) bond motifs is 2. The van der Waals surface area contributed by atoms with Gasteiger partial charge >= 0.3 is 0 Å². The highest BCUT2D eigenvalue weighted by Gasteiger charge is 2.21. The first kappa shape index (κ1) is 19.8. The molecule has 6 rings (SSSR count). The molecule has 1 saturated heterocycles. The SMILES string of the molecule is Nc1nc(N)c2sc(-c3ccc(N4CCOCC4)nc3)c(-c3cnc4ccccc4c3)c2n1. The van der Waals surface area contributed by atoms with Gasteiger partial charge in [-0.15, -0.1) is 11.3 Å². The number of hydrogen-bond acceptors (Lipinski definition) is 9. The zero-order valence-corrected chi connectivity index (χ0v) is 18.5. The second-order valence-electron chi connectivity index (χ2n) is 7.87. The Morgan fingerprint density at radius 2 is 1.73 bits per heavy atom. The average molecular weight is 456 g/mol. The molecule has 0 unspecified atom stereocenters. The summed E-state index contributed by atoms with van der Waals surface area (Å²) < 4.78 is 6.26. The Balaban J connectivity index is 1.53. The second-order valence-corrected chi connectivity index (χ2v) is 8.89. The van der Waals surface area contributed by atoms with Crippen molar-refractivity contribution in [2.75, 3.05) is 42.7 Å². The summed E-state index contributed by atoms with van der Waals surface area (Å²) >= 11 is 1.55. The first-order chi connectivity index (χ1) is 16.2. The van der Waals surface area contributed by atoms with Crippen LogP contribution in [0.3, 0.4) is 0 Å². The molecule has 0 saturated carbocycles. The van der Waals surface area contributed by atoms with E-state index in [4.69, 9.17) is 21.2 Å². The maximum absolute atomic E-state index is 6.24. The van der Waals surface area contributed by atoms with Crippen molar-refractivity contribution in [1.82, 2.24) is 19.9 Å². The monoisotopic (exact) mass is 455 g/mol. The summed E-state index contributed by atoms with van der Waals surface area (Å²) in [4.78, 5) is 21.4. The van der Waals surface area contributed by atoms with Gasteiger partial charge in [-0.05, 0) is 24.3 Å². The smallest absolute Gasteiger partial charge is 0.222 e. The zero-order chi connectivity index (χ0) is 22.4. The van der Waals surface area contributed by atoms with E-state index in [0.717, 1.165) is 74.8 Å². The van der Waals surface area contributed by atoms with Crippen LogP contribution in [-0.2, 0) is 4.74 Å². The van der Waals surface area contributed by atoms with E-state index >= 15 is 0 Å². The van der Waals surface area contributed by atoms with Gasteiger partial charge in [0.15, 0.2) is 0 Å². The van der Waals surface area contributed by atoms with Crippen LogP contribution in [0.4, 0.5) is 17.6 Å². The van der Waals surface area contributed by atoms with E-state index in [2.05, 4.69) is 44.1 Å². The number of benzene rings is 1. The Bertz CT molecular complexity index is 1480. The summed E-state index contributed by atoms with van der Waals surface area (Å²) in [6, 6.07) is 14.3. The molecular formula is C24H21N7OS. The number of nitrogens with zero attached hydrogens (tertiary/aromatic N) is 5. The molecule has 8 nitrogen and oxygen atoms in total. The van der Waals surface area contributed by atoms with Gasteiger partial charge in [0, 0.05) is 52.4 Å². The zero-order valence-electron chi connectivity index (χ0n) is 17.7. The van der Waals surface area contributed by atoms with Crippen LogP contribution in [0.2, 0.25) is 0 Å². The van der Waals surface area contributed by atoms with E-state index in [-0.39, 0.29) is 5.95 Å². The standard InChI is InChI=1S/C24H21N7OS/c25-23-22-20(29-24(26)30-23)19(16-11-14-3-1-2-4-17(14)27-13-16)21(33-22)15-5-6-18(28-12-15)31-7-9-32-10-8-31/h1-6,11-13H,7-10H2,(H4,25,26,29,30). The average Bonchev–Trinajstić information content (AvgIpc) is 3.24. The molecule has 0 aliphatic carbocycles. The van der Waals surface area contributed by atoms with Crippen molar-refractivity contribution < 1.29 is 4.74 Å². The Morgan fingerprint density at radius 1 is 0.909 bits per heavy atom. The fourth-order valence-corrected chi connectivity index (χ4v) is 5.35. The largest absolute Gasteiger partial charge is 0.382 e. The number of aromatic nitrogens is 4. The third kappa shape index (κ3) is 3.51. The number of rotatable bonds is 3. The van der Waals surface area contributed by atoms with Gasteiger partial charge in [0.2, 0.25) is 5.95 Å². The lowest BCUT2D eigenvalue weighted by Crippen LogP contribution is -2.36. The molecule has 33 heavy (non-hydrogen) atoms. The van der Waals surface area contributed by atoms with Gasteiger partial charge in [0.25, 0.3) is 0 Å². The summed E-state index contributed by atoms with van der Waals surface area (Å²) in [6.07, 6.45) is 3.78. The van der Waals surface area contributed by atoms with Crippen molar-refractivity contribution in [2.24, 2.45) is 0 Å². The van der Waals surface area contributed by atoms with Crippen LogP contribution in [0.1, 0.15) is 0 Å². The molecule has 4 aromatic heterocycles. The molecule has 0 bridgehead atoms. The lowest BCUT2D eigenvalue weighted by atomic mass is 10.0. The van der Waals surface area contributed by atoms with Crippen LogP contribution in [0.5, 0.6) is 0 Å². The van der Waals surface area contributed by atoms with Gasteiger partial charge in [-0.1, -0.05) is 18.2 Å². The number of ether oxygens (including phenoxy) is 1. The minimum absolute atomic E-state index is 0.153. The van der Waals surface area contributed by atoms with Crippen molar-refractivity contribution in [1.29, 1.82) is 0 Å². The number of nitrogen functional groups attached to an aromatic ring is 2. The van der Waals surface area contributed by atoms with Crippen molar-refractivity contribution in [3.05, 3.63) is 54.9 Å². The number of hydrogen-bond donors (Lipinski definition) is 2. The van der Waals surface area contributed by atoms with Crippen molar-refractivity contribution >= 4 is 50.0 Å². The fraction of sp³-hybridized carbons (Fsp3) is 0.167. The Labute approximate surface area is 193 Å². The van der Waals surface area contributed by atoms with Crippen LogP contribution in [0, 0.1) is 0 Å². The molecule has 1 aliphatic heterocycles. The van der Waals surface area contributed by atoms with Crippen molar-refractivity contribution in [3.8, 4) is 21.6 Å². The predicted octanol–water partition coefficient (Wildman–Crippen LogP) is 3.97. The Morgan fingerprint density at radius 3 is 2.55 bits per heavy atom. The number of thiophene rings is 1. The molecule has 164 valence electrons. The lowest BCUT2D eigenvalue weighted by molar-refractivity contribution is 0.122. The van der Waals surface area contributed by atoms with Gasteiger partial charge in [0.1, 0.15) is 11.6 Å². The normalized spacial score (nSPS) is 14.2. The molecule has 5 heterocycles. The number of anilines is 3. The van der Waals surface area contributed by atoms with Crippen molar-refractivity contribution in [3.63, 3.8) is 0 Å². The van der Waals surface area contributed by atoms with Crippen LogP contribution in [-0.4, -0.2) is 46.2 Å². The summed E-state index contributed by atoms with van der Waals surface area (Å²) in [5.74, 6) is 1.47. The Hall–Kier alpha value is -3.82. The topological polar surface area (TPSA) is 116 Å². The maximum Gasteiger partial charge on any atom is 0.222 e. The molecule has 4 N–H and O–H groups in total. The second kappa shape index (κ2) is 7.95. The summed E-state index contributed by atoms with van der Waals surface area (Å²) in [5.41, 5.74) is 16.7. The molecule has 1 fully saturated rings. The lowest BCUT2D eigenvalue weighted by Gasteiger charge is -2.27. The minimum Gasteiger partial charge on any atom is -0.382 e. The van der Waals surface area contributed by atoms with Gasteiger partial charge in [-0.25, -0.2) is 9.97 Å². The Kier molecular flexibility index (Phi) is 4.78. The molecular weight excluding hydrogens is 434 g/mol. The summed E-state index contributed by atoms with van der Waals surface area (Å²) in [7, 11) is 0. The molecule has 0 radical (unpaired) electrons. The van der Waals surface area contributed by atoms with Crippen LogP contribution < -0.4 is 16.4 Å². The molecule has 5 aromatic rings. The van der Waals surface area contributed by atoms with Gasteiger partial charge in [-0.2, -0.15) is 4.98 Å². The minimum atomic E-state index is 0.153. The van der Waals surface area contributed by atoms with Crippen LogP contribution in [0.15, 0.2) is 54.9 Å². The molecule has 0 spiro atoms. The van der Waals surface area contributed by atoms with Gasteiger partial charge < -0.3 is 21.1 Å². The summed E-state index contributed by atoms with van der Waals surface area (Å²) in [5, 5.41) is 1.05. The van der Waals surface area contributed by atoms with E-state index in [1.807, 2.05) is 30.6 Å². The highest BCUT2D eigenvalue weighted by molar-refractivity contribution is 7.23. The van der Waals surface area contributed by atoms with Crippen molar-refractivity contribution in [2.45, 2.75) is 0 Å². The number of morpholine rings is 1. The van der Waals surface area contributed by atoms with E-state index in [1.165, 1.54) is 0 Å². The van der Waals surface area contributed by atoms with Gasteiger partial charge in [0.05, 0.1) is 28.9 Å². The highest BCUT2D eigenvalue weighted by atomic mass is 32.1. The highest BCUT2D eigenvalue weighted by Crippen LogP contribution is 2.45. The first-order valence-corrected chi connectivity index (χ1v) is 11.5. The summed E-state index contributed by atoms with van der Waals surface area (Å²) in [6.45, 7) is 3.12. The van der Waals surface area contributed by atoms with Crippen LogP contribution >= 0.6 is 11.3 Å². The van der Waals surface area contributed by atoms with E-state index in [9.17, 15) is 0 Å². The van der Waals surface area contributed by atoms with E-state index in [1.54, 1.807) is 11.3 Å². The molecule has 0 amide bonds. The quantitative estimate of drug-likeness (QED) is 0.420. The fourth-order valence-electron chi connectivity index (χ4n) is 4.20. The first-order valence-electron chi connectivity index (χ1n) is 10.7. The maximum atomic E-state index is 6.24. The van der Waals surface area contributed by atoms with E-state index in [0.29, 0.717) is 5.82 Å². The number of para-hydroxylation sites is 1.